The summed E-state index contributed by atoms with van der Waals surface area (Å²) in [6.07, 6.45) is 4.90. The summed E-state index contributed by atoms with van der Waals surface area (Å²) in [6.45, 7) is 1.97. The number of benzene rings is 2. The predicted molar refractivity (Wildman–Crippen MR) is 119 cm³/mol. The Hall–Kier alpha value is -4.01. The van der Waals surface area contributed by atoms with E-state index in [4.69, 9.17) is 4.74 Å². The molecule has 0 spiro atoms. The van der Waals surface area contributed by atoms with Crippen molar-refractivity contribution in [2.75, 3.05) is 7.05 Å². The summed E-state index contributed by atoms with van der Waals surface area (Å²) in [5.74, 6) is -1.08. The number of ether oxygens (including phenoxy) is 1. The zero-order chi connectivity index (χ0) is 24.0. The van der Waals surface area contributed by atoms with Crippen molar-refractivity contribution in [3.63, 3.8) is 0 Å². The molecular formula is C25H23F2N4O3+. The van der Waals surface area contributed by atoms with Gasteiger partial charge in [-0.05, 0) is 49.2 Å². The number of aromatic nitrogens is 3. The van der Waals surface area contributed by atoms with Crippen molar-refractivity contribution < 1.29 is 28.2 Å². The minimum Gasteiger partial charge on any atom is -0.490 e. The van der Waals surface area contributed by atoms with Gasteiger partial charge in [-0.25, -0.2) is 8.78 Å². The molecule has 2 N–H and O–H groups in total. The number of nitrogens with one attached hydrogen (secondary N) is 1. The van der Waals surface area contributed by atoms with Gasteiger partial charge in [0.15, 0.2) is 0 Å². The summed E-state index contributed by atoms with van der Waals surface area (Å²) in [5.41, 5.74) is 2.87. The second kappa shape index (κ2) is 8.40. The number of aromatic amines is 1. The van der Waals surface area contributed by atoms with Gasteiger partial charge in [0.05, 0.1) is 35.3 Å². The van der Waals surface area contributed by atoms with E-state index in [1.807, 2.05) is 0 Å². The van der Waals surface area contributed by atoms with Crippen LogP contribution in [-0.4, -0.2) is 39.4 Å². The molecule has 1 amide bonds. The highest BCUT2D eigenvalue weighted by Crippen LogP contribution is 2.37. The van der Waals surface area contributed by atoms with Crippen molar-refractivity contribution in [2.45, 2.75) is 32.4 Å². The van der Waals surface area contributed by atoms with E-state index in [1.54, 1.807) is 38.4 Å². The molecular weight excluding hydrogens is 442 g/mol. The molecule has 0 unspecified atom stereocenters. The first-order valence-corrected chi connectivity index (χ1v) is 10.9. The third-order valence-electron chi connectivity index (χ3n) is 5.99. The molecule has 1 aliphatic rings. The number of amides is 1. The quantitative estimate of drug-likeness (QED) is 0.331. The van der Waals surface area contributed by atoms with Crippen LogP contribution in [0.4, 0.5) is 8.78 Å². The minimum absolute atomic E-state index is 0.000303. The highest BCUT2D eigenvalue weighted by Gasteiger charge is 2.27. The molecule has 1 saturated carbocycles. The molecule has 0 saturated heterocycles. The fraction of sp³-hybridized carbons (Fsp3) is 0.240. The third-order valence-corrected chi connectivity index (χ3v) is 5.99. The molecule has 7 nitrogen and oxygen atoms in total. The van der Waals surface area contributed by atoms with Crippen LogP contribution < -0.4 is 9.47 Å². The second-order valence-corrected chi connectivity index (χ2v) is 8.56. The average molecular weight is 465 g/mol. The Balaban J connectivity index is 1.46. The van der Waals surface area contributed by atoms with Gasteiger partial charge in [0.2, 0.25) is 11.9 Å². The summed E-state index contributed by atoms with van der Waals surface area (Å²) in [7, 11) is 1.65. The monoisotopic (exact) mass is 465 g/mol. The molecule has 9 heteroatoms. The van der Waals surface area contributed by atoms with E-state index >= 15 is 0 Å². The molecule has 34 heavy (non-hydrogen) atoms. The van der Waals surface area contributed by atoms with Crippen molar-refractivity contribution in [1.82, 2.24) is 15.1 Å². The van der Waals surface area contributed by atoms with E-state index in [2.05, 4.69) is 10.2 Å². The van der Waals surface area contributed by atoms with Crippen LogP contribution in [0.3, 0.4) is 0 Å². The number of aryl methyl sites for hydroxylation is 1. The molecule has 5 rings (SSSR count). The van der Waals surface area contributed by atoms with Gasteiger partial charge in [-0.2, -0.15) is 5.10 Å². The van der Waals surface area contributed by atoms with E-state index in [-0.39, 0.29) is 24.1 Å². The number of halogens is 2. The normalized spacial score (nSPS) is 13.3. The van der Waals surface area contributed by atoms with Gasteiger partial charge in [0, 0.05) is 35.4 Å². The lowest BCUT2D eigenvalue weighted by Gasteiger charge is -2.19. The molecule has 0 aliphatic heterocycles. The molecule has 174 valence electrons. The Morgan fingerprint density at radius 2 is 2.03 bits per heavy atom. The highest BCUT2D eigenvalue weighted by molar-refractivity contribution is 5.95. The first-order chi connectivity index (χ1) is 16.3. The lowest BCUT2D eigenvalue weighted by Crippen LogP contribution is -2.35. The largest absolute Gasteiger partial charge is 0.490 e. The highest BCUT2D eigenvalue weighted by atomic mass is 19.1. The van der Waals surface area contributed by atoms with Gasteiger partial charge in [0.25, 0.3) is 5.91 Å². The Kier molecular flexibility index (Phi) is 5.39. The first-order valence-electron chi connectivity index (χ1n) is 10.9. The molecule has 2 aromatic carbocycles. The van der Waals surface area contributed by atoms with Crippen molar-refractivity contribution in [1.29, 1.82) is 0 Å². The molecule has 2 heterocycles. The number of H-pyrrole nitrogens is 1. The van der Waals surface area contributed by atoms with Crippen molar-refractivity contribution >= 4 is 16.8 Å². The van der Waals surface area contributed by atoms with Gasteiger partial charge >= 0.3 is 0 Å². The average Bonchev–Trinajstić information content (AvgIpc) is 3.49. The van der Waals surface area contributed by atoms with Crippen molar-refractivity contribution in [3.8, 4) is 16.9 Å². The van der Waals surface area contributed by atoms with Crippen molar-refractivity contribution in [2.24, 2.45) is 0 Å². The minimum atomic E-state index is -0.571. The second-order valence-electron chi connectivity index (χ2n) is 8.56. The van der Waals surface area contributed by atoms with Gasteiger partial charge < -0.3 is 9.64 Å². The van der Waals surface area contributed by atoms with Crippen LogP contribution in [0.25, 0.3) is 22.0 Å². The van der Waals surface area contributed by atoms with Gasteiger partial charge in [0.1, 0.15) is 17.4 Å². The van der Waals surface area contributed by atoms with Crippen LogP contribution in [0.1, 0.15) is 34.5 Å². The van der Waals surface area contributed by atoms with Crippen LogP contribution in [0.2, 0.25) is 0 Å². The van der Waals surface area contributed by atoms with E-state index in [0.29, 0.717) is 28.1 Å². The maximum atomic E-state index is 14.5. The topological polar surface area (TPSA) is 82.3 Å². The first kappa shape index (κ1) is 21.8. The van der Waals surface area contributed by atoms with E-state index in [1.165, 1.54) is 11.1 Å². The summed E-state index contributed by atoms with van der Waals surface area (Å²) in [6, 6.07) is 7.98. The molecule has 0 radical (unpaired) electrons. The van der Waals surface area contributed by atoms with Gasteiger partial charge in [-0.15, -0.1) is 0 Å². The van der Waals surface area contributed by atoms with E-state index in [9.17, 15) is 18.8 Å². The SMILES string of the molecule is Cc1c2cn[nH]c2c(CN(C)C(=O)c2ccc(-c3cc(F)ccc3F)c(OC3CC3)c2)c[n+]1O. The summed E-state index contributed by atoms with van der Waals surface area (Å²) in [5, 5.41) is 17.9. The Labute approximate surface area is 194 Å². The summed E-state index contributed by atoms with van der Waals surface area (Å²) in [4.78, 5) is 14.7. The number of rotatable bonds is 6. The summed E-state index contributed by atoms with van der Waals surface area (Å²) >= 11 is 0. The number of fused-ring (bicyclic) bond motifs is 1. The molecule has 2 aromatic heterocycles. The van der Waals surface area contributed by atoms with Gasteiger partial charge in [-0.3, -0.25) is 15.1 Å². The molecule has 0 atom stereocenters. The Morgan fingerprint density at radius 3 is 2.79 bits per heavy atom. The summed E-state index contributed by atoms with van der Waals surface area (Å²) < 4.78 is 35.2. The third kappa shape index (κ3) is 4.05. The van der Waals surface area contributed by atoms with Crippen LogP contribution in [0.5, 0.6) is 5.75 Å². The molecule has 1 fully saturated rings. The number of carbonyl (C=O) groups excluding carboxylic acids is 1. The number of nitrogens with zero attached hydrogens (tertiary/aromatic N) is 3. The van der Waals surface area contributed by atoms with E-state index in [0.717, 1.165) is 46.7 Å². The van der Waals surface area contributed by atoms with E-state index < -0.39 is 11.6 Å². The zero-order valence-corrected chi connectivity index (χ0v) is 18.7. The smallest absolute Gasteiger partial charge is 0.254 e. The number of hydrogen-bond acceptors (Lipinski definition) is 4. The molecule has 4 aromatic rings. The van der Waals surface area contributed by atoms with Crippen LogP contribution >= 0.6 is 0 Å². The Morgan fingerprint density at radius 1 is 1.24 bits per heavy atom. The lowest BCUT2D eigenvalue weighted by molar-refractivity contribution is -0.908. The predicted octanol–water partition coefficient (Wildman–Crippen LogP) is 4.15. The maximum Gasteiger partial charge on any atom is 0.254 e. The van der Waals surface area contributed by atoms with Crippen LogP contribution in [-0.2, 0) is 6.54 Å². The van der Waals surface area contributed by atoms with Gasteiger partial charge in [-0.1, -0.05) is 0 Å². The maximum absolute atomic E-state index is 14.5. The van der Waals surface area contributed by atoms with Crippen molar-refractivity contribution in [3.05, 3.63) is 77.2 Å². The fourth-order valence-electron chi connectivity index (χ4n) is 3.95. The fourth-order valence-corrected chi connectivity index (χ4v) is 3.95. The van der Waals surface area contributed by atoms with Crippen LogP contribution in [0, 0.1) is 18.6 Å². The number of carbonyl (C=O) groups is 1. The van der Waals surface area contributed by atoms with Crippen LogP contribution in [0.15, 0.2) is 48.8 Å². The number of hydrogen-bond donors (Lipinski definition) is 2. The Bertz CT molecular complexity index is 1420. The molecule has 1 aliphatic carbocycles. The lowest BCUT2D eigenvalue weighted by atomic mass is 10.0. The number of pyridine rings is 1. The zero-order valence-electron chi connectivity index (χ0n) is 18.7. The molecule has 0 bridgehead atoms. The standard InChI is InChI=1S/C25H22F2N4O3/c1-14-21-11-28-29-24(21)16(13-31(14)33)12-30(2)25(32)15-3-7-19(23(9-15)34-18-5-6-18)20-10-17(26)4-8-22(20)27/h3-4,7-11,13,18,33H,5-6,12H2,1-2H3/p+1.